The highest BCUT2D eigenvalue weighted by Crippen LogP contribution is 2.25. The van der Waals surface area contributed by atoms with Gasteiger partial charge < -0.3 is 14.6 Å². The van der Waals surface area contributed by atoms with E-state index in [-0.39, 0.29) is 6.54 Å². The summed E-state index contributed by atoms with van der Waals surface area (Å²) >= 11 is 12.0. The first-order valence-electron chi connectivity index (χ1n) is 9.41. The summed E-state index contributed by atoms with van der Waals surface area (Å²) in [6.45, 7) is -0.0832. The van der Waals surface area contributed by atoms with Crippen molar-refractivity contribution in [2.24, 2.45) is 0 Å². The summed E-state index contributed by atoms with van der Waals surface area (Å²) in [5, 5.41) is 3.47. The topological polar surface area (TPSA) is 73.2 Å². The lowest BCUT2D eigenvalue weighted by Crippen LogP contribution is -2.27. The van der Waals surface area contributed by atoms with Gasteiger partial charge in [-0.1, -0.05) is 65.7 Å². The number of ether oxygens (including phenoxy) is 1. The Morgan fingerprint density at radius 1 is 0.968 bits per heavy atom. The van der Waals surface area contributed by atoms with Crippen molar-refractivity contribution in [3.05, 3.63) is 94.7 Å². The average Bonchev–Trinajstić information content (AvgIpc) is 3.14. The molecule has 0 aliphatic heterocycles. The van der Waals surface area contributed by atoms with Gasteiger partial charge in [0.15, 0.2) is 0 Å². The summed E-state index contributed by atoms with van der Waals surface area (Å²) in [5.41, 5.74) is 2.51. The van der Waals surface area contributed by atoms with Crippen LogP contribution in [-0.2, 0) is 20.9 Å². The second-order valence-electron chi connectivity index (χ2n) is 6.79. The van der Waals surface area contributed by atoms with E-state index in [1.807, 2.05) is 30.3 Å². The molecule has 0 aliphatic rings. The minimum absolute atomic E-state index is 0.0832. The number of rotatable bonds is 6. The van der Waals surface area contributed by atoms with Crippen LogP contribution in [0.15, 0.2) is 79.1 Å². The van der Waals surface area contributed by atoms with Crippen LogP contribution in [0.1, 0.15) is 11.7 Å². The highest BCUT2D eigenvalue weighted by Gasteiger charge is 2.25. The predicted molar refractivity (Wildman–Crippen MR) is 120 cm³/mol. The van der Waals surface area contributed by atoms with Gasteiger partial charge in [0.05, 0.1) is 17.4 Å². The first kappa shape index (κ1) is 20.9. The second kappa shape index (κ2) is 9.20. The number of imidazole rings is 1. The zero-order valence-corrected chi connectivity index (χ0v) is 17.7. The van der Waals surface area contributed by atoms with Crippen molar-refractivity contribution < 1.29 is 14.3 Å². The van der Waals surface area contributed by atoms with Crippen LogP contribution in [0, 0.1) is 0 Å². The minimum atomic E-state index is -1.15. The number of hydrogen-bond donors (Lipinski definition) is 1. The van der Waals surface area contributed by atoms with E-state index >= 15 is 0 Å². The van der Waals surface area contributed by atoms with Crippen LogP contribution in [0.3, 0.4) is 0 Å². The molecule has 0 fully saturated rings. The van der Waals surface area contributed by atoms with E-state index in [1.165, 1.54) is 0 Å². The van der Waals surface area contributed by atoms with E-state index in [4.69, 9.17) is 27.9 Å². The Balaban J connectivity index is 1.55. The average molecular weight is 454 g/mol. The summed E-state index contributed by atoms with van der Waals surface area (Å²) in [7, 11) is 0. The maximum absolute atomic E-state index is 13.0. The van der Waals surface area contributed by atoms with Crippen LogP contribution in [-0.4, -0.2) is 21.4 Å². The molecule has 1 amide bonds. The van der Waals surface area contributed by atoms with Crippen molar-refractivity contribution in [2.45, 2.75) is 12.6 Å². The van der Waals surface area contributed by atoms with Crippen molar-refractivity contribution in [1.29, 1.82) is 0 Å². The van der Waals surface area contributed by atoms with Gasteiger partial charge in [-0.05, 0) is 30.3 Å². The molecule has 4 aromatic rings. The molecule has 1 N–H and O–H groups in total. The summed E-state index contributed by atoms with van der Waals surface area (Å²) in [6.07, 6.45) is 0.415. The van der Waals surface area contributed by atoms with Gasteiger partial charge in [-0.3, -0.25) is 9.59 Å². The number of nitrogens with one attached hydrogen (secondary N) is 1. The number of hydrogen-bond acceptors (Lipinski definition) is 4. The number of fused-ring (bicyclic) bond motifs is 1. The quantitative estimate of drug-likeness (QED) is 0.403. The van der Waals surface area contributed by atoms with Gasteiger partial charge in [0.25, 0.3) is 5.91 Å². The third-order valence-corrected chi connectivity index (χ3v) is 4.98. The second-order valence-corrected chi connectivity index (χ2v) is 7.66. The normalized spacial score (nSPS) is 11.8. The monoisotopic (exact) mass is 453 g/mol. The van der Waals surface area contributed by atoms with Gasteiger partial charge in [0, 0.05) is 21.3 Å². The molecular weight excluding hydrogens is 437 g/mol. The van der Waals surface area contributed by atoms with Crippen LogP contribution in [0.2, 0.25) is 10.0 Å². The molecule has 1 atom stereocenters. The van der Waals surface area contributed by atoms with Crippen molar-refractivity contribution in [3.63, 3.8) is 0 Å². The molecule has 0 radical (unpaired) electrons. The fourth-order valence-corrected chi connectivity index (χ4v) is 3.70. The zero-order valence-electron chi connectivity index (χ0n) is 16.2. The van der Waals surface area contributed by atoms with Crippen LogP contribution in [0.4, 0.5) is 5.69 Å². The summed E-state index contributed by atoms with van der Waals surface area (Å²) in [6, 6.07) is 20.9. The van der Waals surface area contributed by atoms with E-state index in [0.29, 0.717) is 21.3 Å². The van der Waals surface area contributed by atoms with E-state index in [1.54, 1.807) is 53.4 Å². The highest BCUT2D eigenvalue weighted by atomic mass is 35.5. The molecule has 4 rings (SSSR count). The fourth-order valence-electron chi connectivity index (χ4n) is 3.18. The minimum Gasteiger partial charge on any atom is -0.446 e. The Labute approximate surface area is 188 Å². The first-order valence-corrected chi connectivity index (χ1v) is 10.2. The predicted octanol–water partition coefficient (Wildman–Crippen LogP) is 5.27. The third kappa shape index (κ3) is 5.05. The number of esters is 1. The van der Waals surface area contributed by atoms with E-state index < -0.39 is 18.0 Å². The standard InChI is InChI=1S/C23H17Cl2N3O3/c24-16-10-17(25)12-18(11-16)27-23(30)22(15-6-2-1-3-7-15)31-21(29)13-28-14-26-19-8-4-5-9-20(19)28/h1-12,14,22H,13H2,(H,27,30). The lowest BCUT2D eigenvalue weighted by Gasteiger charge is -2.18. The van der Waals surface area contributed by atoms with Crippen molar-refractivity contribution in [2.75, 3.05) is 5.32 Å². The number of carbonyl (C=O) groups is 2. The molecule has 8 heteroatoms. The van der Waals surface area contributed by atoms with Gasteiger partial charge in [-0.25, -0.2) is 4.98 Å². The summed E-state index contributed by atoms with van der Waals surface area (Å²) < 4.78 is 7.26. The molecule has 1 heterocycles. The molecule has 0 saturated carbocycles. The fraction of sp³-hybridized carbons (Fsp3) is 0.0870. The molecule has 0 bridgehead atoms. The number of benzene rings is 3. The Morgan fingerprint density at radius 2 is 1.65 bits per heavy atom. The number of amides is 1. The van der Waals surface area contributed by atoms with Crippen LogP contribution in [0.25, 0.3) is 11.0 Å². The van der Waals surface area contributed by atoms with E-state index in [0.717, 1.165) is 11.0 Å². The van der Waals surface area contributed by atoms with Crippen LogP contribution >= 0.6 is 23.2 Å². The largest absolute Gasteiger partial charge is 0.446 e. The van der Waals surface area contributed by atoms with Crippen LogP contribution in [0.5, 0.6) is 0 Å². The van der Waals surface area contributed by atoms with Crippen molar-refractivity contribution in [3.8, 4) is 0 Å². The Hall–Kier alpha value is -3.35. The molecule has 0 aliphatic carbocycles. The van der Waals surface area contributed by atoms with Gasteiger partial charge in [0.2, 0.25) is 6.10 Å². The SMILES string of the molecule is O=C(Cn1cnc2ccccc21)OC(C(=O)Nc1cc(Cl)cc(Cl)c1)c1ccccc1. The first-order chi connectivity index (χ1) is 15.0. The zero-order chi connectivity index (χ0) is 21.8. The lowest BCUT2D eigenvalue weighted by molar-refractivity contribution is -0.155. The molecule has 1 unspecified atom stereocenters. The van der Waals surface area contributed by atoms with Crippen molar-refractivity contribution in [1.82, 2.24) is 9.55 Å². The molecule has 3 aromatic carbocycles. The number of para-hydroxylation sites is 2. The maximum atomic E-state index is 13.0. The number of aromatic nitrogens is 2. The molecule has 31 heavy (non-hydrogen) atoms. The molecule has 0 spiro atoms. The Kier molecular flexibility index (Phi) is 6.21. The van der Waals surface area contributed by atoms with E-state index in [2.05, 4.69) is 10.3 Å². The van der Waals surface area contributed by atoms with Gasteiger partial charge >= 0.3 is 5.97 Å². The molecule has 156 valence electrons. The number of nitrogens with zero attached hydrogens (tertiary/aromatic N) is 2. The number of halogens is 2. The molecule has 6 nitrogen and oxygen atoms in total. The lowest BCUT2D eigenvalue weighted by atomic mass is 10.1. The van der Waals surface area contributed by atoms with Gasteiger partial charge in [-0.15, -0.1) is 0 Å². The number of anilines is 1. The summed E-state index contributed by atoms with van der Waals surface area (Å²) in [4.78, 5) is 30.0. The highest BCUT2D eigenvalue weighted by molar-refractivity contribution is 6.35. The maximum Gasteiger partial charge on any atom is 0.327 e. The molecular formula is C23H17Cl2N3O3. The van der Waals surface area contributed by atoms with Crippen LogP contribution < -0.4 is 5.32 Å². The molecule has 0 saturated heterocycles. The number of carbonyl (C=O) groups excluding carboxylic acids is 2. The van der Waals surface area contributed by atoms with E-state index in [9.17, 15) is 9.59 Å². The Morgan fingerprint density at radius 3 is 2.39 bits per heavy atom. The van der Waals surface area contributed by atoms with Gasteiger partial charge in [0.1, 0.15) is 6.54 Å². The summed E-state index contributed by atoms with van der Waals surface area (Å²) in [5.74, 6) is -1.09. The van der Waals surface area contributed by atoms with Gasteiger partial charge in [-0.2, -0.15) is 0 Å². The third-order valence-electron chi connectivity index (χ3n) is 4.55. The Bertz CT molecular complexity index is 1220. The van der Waals surface area contributed by atoms with Crippen molar-refractivity contribution >= 4 is 51.8 Å². The smallest absolute Gasteiger partial charge is 0.327 e. The molecule has 1 aromatic heterocycles.